The Hall–Kier alpha value is -6.42. The number of hydrogen-bond acceptors (Lipinski definition) is 10. The molecule has 65 heavy (non-hydrogen) atoms. The van der Waals surface area contributed by atoms with Crippen LogP contribution in [0.1, 0.15) is 70.6 Å². The van der Waals surface area contributed by atoms with E-state index in [4.69, 9.17) is 19.8 Å². The number of para-hydroxylation sites is 2. The molecule has 356 valence electrons. The third kappa shape index (κ3) is 24.3. The minimum Gasteiger partial charge on any atom is -0.475 e. The van der Waals surface area contributed by atoms with Gasteiger partial charge in [0.15, 0.2) is 0 Å². The Labute approximate surface area is 370 Å². The van der Waals surface area contributed by atoms with Crippen molar-refractivity contribution in [2.45, 2.75) is 83.0 Å². The number of nitrogens with zero attached hydrogens (tertiary/aromatic N) is 2. The summed E-state index contributed by atoms with van der Waals surface area (Å²) in [5.41, 5.74) is 2.78. The van der Waals surface area contributed by atoms with Crippen molar-refractivity contribution in [1.29, 1.82) is 0 Å². The number of rotatable bonds is 24. The molecule has 0 bridgehead atoms. The maximum absolute atomic E-state index is 12.3. The van der Waals surface area contributed by atoms with Crippen LogP contribution in [-0.2, 0) is 28.8 Å². The quantitative estimate of drug-likeness (QED) is 0.0284. The average Bonchev–Trinajstić information content (AvgIpc) is 3.26. The summed E-state index contributed by atoms with van der Waals surface area (Å²) in [5, 5.41) is 34.5. The zero-order chi connectivity index (χ0) is 48.1. The van der Waals surface area contributed by atoms with Gasteiger partial charge in [0.2, 0.25) is 23.6 Å². The van der Waals surface area contributed by atoms with Crippen LogP contribution >= 0.6 is 0 Å². The number of unbranched alkanes of at least 4 members (excludes halogenated alkanes) is 4. The fourth-order valence-corrected chi connectivity index (χ4v) is 5.63. The second-order valence-corrected chi connectivity index (χ2v) is 14.1. The topological polar surface area (TPSA) is 241 Å². The number of anilines is 2. The highest BCUT2D eigenvalue weighted by Crippen LogP contribution is 2.22. The fraction of sp³-hybridized carbons (Fsp3) is 0.442. The SMILES string of the molecule is O=C(CCC(=O)Nc1cccc2cccnc12)NCCCNCCCCCCCNCCCNC(=O)CCC(=O)Nc1cccc2cccnc12.O=C(O)C(F)(F)F.O=C(O)C(F)(F)F. The summed E-state index contributed by atoms with van der Waals surface area (Å²) < 4.78 is 63.5. The number of aliphatic carboxylic acids is 2. The highest BCUT2D eigenvalue weighted by Gasteiger charge is 2.38. The molecule has 0 aliphatic heterocycles. The van der Waals surface area contributed by atoms with E-state index in [-0.39, 0.29) is 49.3 Å². The van der Waals surface area contributed by atoms with Crippen molar-refractivity contribution in [2.24, 2.45) is 0 Å². The Morgan fingerprint density at radius 2 is 0.769 bits per heavy atom. The smallest absolute Gasteiger partial charge is 0.475 e. The number of halogens is 6. The number of fused-ring (bicyclic) bond motifs is 2. The van der Waals surface area contributed by atoms with Gasteiger partial charge in [0.05, 0.1) is 22.4 Å². The van der Waals surface area contributed by atoms with E-state index in [1.807, 2.05) is 60.7 Å². The zero-order valence-corrected chi connectivity index (χ0v) is 35.5. The van der Waals surface area contributed by atoms with Gasteiger partial charge in [0.1, 0.15) is 0 Å². The summed E-state index contributed by atoms with van der Waals surface area (Å²) in [7, 11) is 0. The Balaban J connectivity index is 0.000000894. The largest absolute Gasteiger partial charge is 0.490 e. The molecule has 4 aromatic rings. The molecule has 0 spiro atoms. The van der Waals surface area contributed by atoms with Crippen LogP contribution in [-0.4, -0.2) is 107 Å². The maximum Gasteiger partial charge on any atom is 0.490 e. The fourth-order valence-electron chi connectivity index (χ4n) is 5.63. The van der Waals surface area contributed by atoms with Gasteiger partial charge >= 0.3 is 24.3 Å². The second kappa shape index (κ2) is 29.9. The van der Waals surface area contributed by atoms with Crippen LogP contribution in [0.25, 0.3) is 21.8 Å². The van der Waals surface area contributed by atoms with E-state index in [9.17, 15) is 45.5 Å². The summed E-state index contributed by atoms with van der Waals surface area (Å²) in [6.07, 6.45) is 1.29. The third-order valence-corrected chi connectivity index (χ3v) is 8.87. The van der Waals surface area contributed by atoms with Crippen LogP contribution in [0.5, 0.6) is 0 Å². The van der Waals surface area contributed by atoms with Crippen LogP contribution in [0.15, 0.2) is 73.1 Å². The van der Waals surface area contributed by atoms with E-state index < -0.39 is 24.3 Å². The third-order valence-electron chi connectivity index (χ3n) is 8.87. The van der Waals surface area contributed by atoms with E-state index in [1.54, 1.807) is 12.4 Å². The molecule has 4 rings (SSSR count). The lowest BCUT2D eigenvalue weighted by Gasteiger charge is -2.09. The van der Waals surface area contributed by atoms with Crippen LogP contribution in [0.4, 0.5) is 37.7 Å². The van der Waals surface area contributed by atoms with Crippen molar-refractivity contribution in [3.05, 3.63) is 73.1 Å². The molecule has 22 heteroatoms. The normalized spacial score (nSPS) is 11.0. The highest BCUT2D eigenvalue weighted by molar-refractivity contribution is 6.02. The Morgan fingerprint density at radius 1 is 0.446 bits per heavy atom. The van der Waals surface area contributed by atoms with Gasteiger partial charge in [0, 0.05) is 61.9 Å². The van der Waals surface area contributed by atoms with E-state index in [1.165, 1.54) is 19.3 Å². The molecule has 2 aromatic carbocycles. The minimum absolute atomic E-state index is 0.118. The van der Waals surface area contributed by atoms with E-state index in [2.05, 4.69) is 41.9 Å². The van der Waals surface area contributed by atoms with Gasteiger partial charge in [0.25, 0.3) is 0 Å². The van der Waals surface area contributed by atoms with Gasteiger partial charge in [-0.15, -0.1) is 0 Å². The van der Waals surface area contributed by atoms with Crippen molar-refractivity contribution in [3.63, 3.8) is 0 Å². The molecule has 2 aromatic heterocycles. The maximum atomic E-state index is 12.3. The number of carbonyl (C=O) groups excluding carboxylic acids is 4. The van der Waals surface area contributed by atoms with Gasteiger partial charge < -0.3 is 42.1 Å². The first-order valence-corrected chi connectivity index (χ1v) is 20.7. The molecule has 0 atom stereocenters. The molecule has 4 amide bonds. The number of hydrogen-bond donors (Lipinski definition) is 8. The first kappa shape index (κ1) is 54.7. The summed E-state index contributed by atoms with van der Waals surface area (Å²) in [6, 6.07) is 18.9. The zero-order valence-electron chi connectivity index (χ0n) is 35.5. The highest BCUT2D eigenvalue weighted by atomic mass is 19.4. The van der Waals surface area contributed by atoms with Gasteiger partial charge in [-0.1, -0.05) is 55.7 Å². The number of carbonyl (C=O) groups is 6. The summed E-state index contributed by atoms with van der Waals surface area (Å²) in [6.45, 7) is 4.80. The molecule has 8 N–H and O–H groups in total. The van der Waals surface area contributed by atoms with E-state index >= 15 is 0 Å². The Kier molecular flexibility index (Phi) is 25.1. The number of carboxylic acid groups (broad SMARTS) is 2. The molecule has 0 saturated heterocycles. The first-order chi connectivity index (χ1) is 30.9. The Bertz CT molecular complexity index is 1970. The summed E-state index contributed by atoms with van der Waals surface area (Å²) in [4.78, 5) is 75.4. The predicted molar refractivity (Wildman–Crippen MR) is 231 cm³/mol. The molecule has 0 radical (unpaired) electrons. The predicted octanol–water partition coefficient (Wildman–Crippen LogP) is 6.33. The number of aromatic nitrogens is 2. The number of alkyl halides is 6. The monoisotopic (exact) mass is 924 g/mol. The Morgan fingerprint density at radius 3 is 1.14 bits per heavy atom. The van der Waals surface area contributed by atoms with E-state index in [0.29, 0.717) is 24.5 Å². The van der Waals surface area contributed by atoms with Crippen molar-refractivity contribution >= 4 is 68.7 Å². The van der Waals surface area contributed by atoms with Gasteiger partial charge in [-0.05, 0) is 76.1 Å². The number of benzene rings is 2. The number of amides is 4. The first-order valence-electron chi connectivity index (χ1n) is 20.7. The van der Waals surface area contributed by atoms with Gasteiger partial charge in [-0.2, -0.15) is 26.3 Å². The molecule has 16 nitrogen and oxygen atoms in total. The summed E-state index contributed by atoms with van der Waals surface area (Å²) >= 11 is 0. The average molecular weight is 925 g/mol. The van der Waals surface area contributed by atoms with Crippen LogP contribution < -0.4 is 31.9 Å². The van der Waals surface area contributed by atoms with Crippen LogP contribution in [0.2, 0.25) is 0 Å². The standard InChI is InChI=1S/C39H52N8O4.2C2HF3O2/c48-34(18-20-36(50)46-32-16-6-12-30-14-8-26-44-38(30)32)42-28-10-24-40-22-4-2-1-3-5-23-41-25-11-29-43-35(49)19-21-37(51)47-33-17-7-13-31-15-9-27-45-39(31)33;2*3-2(4,5)1(6)7/h6-9,12-17,26-27,40-41H,1-5,10-11,18-25,28-29H2,(H,42,48)(H,43,49)(H,46,50)(H,47,51);2*(H,6,7). The van der Waals surface area contributed by atoms with Crippen molar-refractivity contribution in [2.75, 3.05) is 49.9 Å². The number of carboxylic acids is 2. The van der Waals surface area contributed by atoms with E-state index in [0.717, 1.165) is 73.7 Å². The van der Waals surface area contributed by atoms with Crippen molar-refractivity contribution < 1.29 is 65.3 Å². The van der Waals surface area contributed by atoms with Gasteiger partial charge in [-0.25, -0.2) is 9.59 Å². The molecule has 0 aliphatic carbocycles. The van der Waals surface area contributed by atoms with Crippen LogP contribution in [0, 0.1) is 0 Å². The number of pyridine rings is 2. The molecular weight excluding hydrogens is 871 g/mol. The second-order valence-electron chi connectivity index (χ2n) is 14.1. The summed E-state index contributed by atoms with van der Waals surface area (Å²) in [5.74, 6) is -6.15. The lowest BCUT2D eigenvalue weighted by molar-refractivity contribution is -0.193. The molecular formula is C43H54F6N8O8. The number of nitrogens with one attached hydrogen (secondary N) is 6. The van der Waals surface area contributed by atoms with Crippen molar-refractivity contribution in [3.8, 4) is 0 Å². The lowest BCUT2D eigenvalue weighted by Crippen LogP contribution is -2.28. The van der Waals surface area contributed by atoms with Crippen LogP contribution in [0.3, 0.4) is 0 Å². The molecule has 0 saturated carbocycles. The molecule has 0 fully saturated rings. The van der Waals surface area contributed by atoms with Crippen molar-refractivity contribution in [1.82, 2.24) is 31.2 Å². The minimum atomic E-state index is -5.08. The lowest BCUT2D eigenvalue weighted by atomic mass is 10.1. The van der Waals surface area contributed by atoms with Gasteiger partial charge in [-0.3, -0.25) is 29.1 Å². The molecule has 2 heterocycles. The molecule has 0 aliphatic rings. The molecule has 0 unspecified atom stereocenters.